The molecule has 1 aromatic carbocycles. The molecule has 2 aliphatic heterocycles. The average Bonchev–Trinajstić information content (AvgIpc) is 3.34. The highest BCUT2D eigenvalue weighted by Crippen LogP contribution is 2.28. The van der Waals surface area contributed by atoms with Crippen LogP contribution in [0.4, 0.5) is 0 Å². The molecule has 2 fully saturated rings. The molecule has 2 aromatic rings. The zero-order chi connectivity index (χ0) is 19.5. The normalized spacial score (nSPS) is 18.1. The predicted octanol–water partition coefficient (Wildman–Crippen LogP) is 1.98. The van der Waals surface area contributed by atoms with Crippen molar-refractivity contribution in [2.45, 2.75) is 38.0 Å². The van der Waals surface area contributed by atoms with Crippen molar-refractivity contribution in [2.24, 2.45) is 0 Å². The first-order chi connectivity index (χ1) is 13.6. The third-order valence-electron chi connectivity index (χ3n) is 5.37. The minimum Gasteiger partial charge on any atom is -0.343 e. The van der Waals surface area contributed by atoms with Crippen molar-refractivity contribution < 1.29 is 18.9 Å². The molecule has 0 aliphatic carbocycles. The Bertz CT molecular complexity index is 855. The number of piperidine rings is 1. The van der Waals surface area contributed by atoms with E-state index >= 15 is 0 Å². The van der Waals surface area contributed by atoms with Crippen LogP contribution in [0.25, 0.3) is 11.4 Å². The first-order valence-corrected chi connectivity index (χ1v) is 9.62. The minimum absolute atomic E-state index is 0.0264. The first kappa shape index (κ1) is 18.3. The molecule has 0 bridgehead atoms. The third-order valence-corrected chi connectivity index (χ3v) is 5.37. The lowest BCUT2D eigenvalue weighted by molar-refractivity contribution is -0.139. The van der Waals surface area contributed by atoms with Gasteiger partial charge in [0.15, 0.2) is 0 Å². The van der Waals surface area contributed by atoms with Gasteiger partial charge in [-0.3, -0.25) is 19.3 Å². The monoisotopic (exact) mass is 382 g/mol. The van der Waals surface area contributed by atoms with Crippen LogP contribution in [0.2, 0.25) is 0 Å². The summed E-state index contributed by atoms with van der Waals surface area (Å²) >= 11 is 0. The van der Waals surface area contributed by atoms with E-state index in [1.807, 2.05) is 30.3 Å². The Balaban J connectivity index is 1.29. The molecule has 0 saturated carbocycles. The molecule has 2 saturated heterocycles. The Labute approximate surface area is 162 Å². The quantitative estimate of drug-likeness (QED) is 0.734. The molecule has 2 aliphatic rings. The van der Waals surface area contributed by atoms with Gasteiger partial charge in [-0.15, -0.1) is 0 Å². The number of benzene rings is 1. The Morgan fingerprint density at radius 1 is 1.07 bits per heavy atom. The van der Waals surface area contributed by atoms with Crippen molar-refractivity contribution in [3.63, 3.8) is 0 Å². The first-order valence-electron chi connectivity index (χ1n) is 9.62. The molecule has 3 heterocycles. The number of aromatic nitrogens is 2. The molecule has 0 spiro atoms. The van der Waals surface area contributed by atoms with E-state index in [0.717, 1.165) is 18.4 Å². The maximum absolute atomic E-state index is 12.4. The maximum Gasteiger partial charge on any atom is 0.230 e. The SMILES string of the molecule is O=C(CCN1C(=O)CCC1=O)N1CCC(c2nc(-c3ccccc3)no2)CC1. The van der Waals surface area contributed by atoms with E-state index in [2.05, 4.69) is 10.1 Å². The molecule has 4 rings (SSSR count). The van der Waals surface area contributed by atoms with Gasteiger partial charge in [0.2, 0.25) is 29.4 Å². The third kappa shape index (κ3) is 3.81. The van der Waals surface area contributed by atoms with Crippen LogP contribution in [0.1, 0.15) is 43.9 Å². The molecule has 146 valence electrons. The van der Waals surface area contributed by atoms with Gasteiger partial charge in [0.05, 0.1) is 0 Å². The van der Waals surface area contributed by atoms with Crippen LogP contribution in [-0.4, -0.2) is 57.3 Å². The topological polar surface area (TPSA) is 96.6 Å². The molecule has 3 amide bonds. The van der Waals surface area contributed by atoms with Gasteiger partial charge in [0, 0.05) is 50.4 Å². The number of carbonyl (C=O) groups excluding carboxylic acids is 3. The number of hydrogen-bond acceptors (Lipinski definition) is 6. The zero-order valence-electron chi connectivity index (χ0n) is 15.5. The van der Waals surface area contributed by atoms with Gasteiger partial charge >= 0.3 is 0 Å². The van der Waals surface area contributed by atoms with Crippen molar-refractivity contribution >= 4 is 17.7 Å². The molecular weight excluding hydrogens is 360 g/mol. The van der Waals surface area contributed by atoms with E-state index in [0.29, 0.717) is 24.8 Å². The lowest BCUT2D eigenvalue weighted by Gasteiger charge is -2.30. The van der Waals surface area contributed by atoms with Gasteiger partial charge in [-0.2, -0.15) is 4.98 Å². The molecule has 8 nitrogen and oxygen atoms in total. The summed E-state index contributed by atoms with van der Waals surface area (Å²) in [6, 6.07) is 9.67. The molecule has 0 radical (unpaired) electrons. The number of amides is 3. The standard InChI is InChI=1S/C20H22N4O4/c25-16(10-13-24-17(26)6-7-18(24)27)23-11-8-15(9-12-23)20-21-19(22-28-20)14-4-2-1-3-5-14/h1-5,15H,6-13H2. The van der Waals surface area contributed by atoms with Gasteiger partial charge in [-0.05, 0) is 12.8 Å². The lowest BCUT2D eigenvalue weighted by atomic mass is 9.96. The minimum atomic E-state index is -0.179. The summed E-state index contributed by atoms with van der Waals surface area (Å²) < 4.78 is 5.45. The fourth-order valence-corrected chi connectivity index (χ4v) is 3.72. The van der Waals surface area contributed by atoms with E-state index < -0.39 is 0 Å². The predicted molar refractivity (Wildman–Crippen MR) is 98.9 cm³/mol. The summed E-state index contributed by atoms with van der Waals surface area (Å²) in [6.45, 7) is 1.39. The Morgan fingerprint density at radius 2 is 1.75 bits per heavy atom. The van der Waals surface area contributed by atoms with E-state index in [1.54, 1.807) is 4.90 Å². The van der Waals surface area contributed by atoms with Crippen molar-refractivity contribution in [1.82, 2.24) is 19.9 Å². The summed E-state index contributed by atoms with van der Waals surface area (Å²) in [5.74, 6) is 0.940. The second kappa shape index (κ2) is 7.92. The number of imide groups is 1. The number of carbonyl (C=O) groups is 3. The Morgan fingerprint density at radius 3 is 2.43 bits per heavy atom. The van der Waals surface area contributed by atoms with Crippen LogP contribution in [0.5, 0.6) is 0 Å². The van der Waals surface area contributed by atoms with Crippen LogP contribution in [0.3, 0.4) is 0 Å². The summed E-state index contributed by atoms with van der Waals surface area (Å²) in [4.78, 5) is 43.2. The van der Waals surface area contributed by atoms with Gasteiger partial charge in [0.1, 0.15) is 0 Å². The van der Waals surface area contributed by atoms with Gasteiger partial charge in [0.25, 0.3) is 0 Å². The largest absolute Gasteiger partial charge is 0.343 e. The maximum atomic E-state index is 12.4. The molecule has 0 atom stereocenters. The molecular formula is C20H22N4O4. The van der Waals surface area contributed by atoms with E-state index in [1.165, 1.54) is 4.90 Å². The summed E-state index contributed by atoms with van der Waals surface area (Å²) in [5, 5.41) is 4.07. The second-order valence-corrected chi connectivity index (χ2v) is 7.17. The van der Waals surface area contributed by atoms with Crippen molar-refractivity contribution in [2.75, 3.05) is 19.6 Å². The highest BCUT2D eigenvalue weighted by atomic mass is 16.5. The van der Waals surface area contributed by atoms with Gasteiger partial charge in [-0.25, -0.2) is 0 Å². The van der Waals surface area contributed by atoms with Gasteiger partial charge in [-0.1, -0.05) is 35.5 Å². The number of nitrogens with zero attached hydrogens (tertiary/aromatic N) is 4. The molecule has 8 heteroatoms. The number of hydrogen-bond donors (Lipinski definition) is 0. The average molecular weight is 382 g/mol. The zero-order valence-corrected chi connectivity index (χ0v) is 15.5. The number of rotatable bonds is 5. The number of likely N-dealkylation sites (tertiary alicyclic amines) is 2. The lowest BCUT2D eigenvalue weighted by Crippen LogP contribution is -2.40. The van der Waals surface area contributed by atoms with Crippen molar-refractivity contribution in [3.05, 3.63) is 36.2 Å². The molecule has 0 N–H and O–H groups in total. The fraction of sp³-hybridized carbons (Fsp3) is 0.450. The van der Waals surface area contributed by atoms with Gasteiger partial charge < -0.3 is 9.42 Å². The van der Waals surface area contributed by atoms with Crippen molar-refractivity contribution in [1.29, 1.82) is 0 Å². The van der Waals surface area contributed by atoms with Crippen molar-refractivity contribution in [3.8, 4) is 11.4 Å². The second-order valence-electron chi connectivity index (χ2n) is 7.17. The van der Waals surface area contributed by atoms with Crippen LogP contribution >= 0.6 is 0 Å². The Kier molecular flexibility index (Phi) is 5.18. The smallest absolute Gasteiger partial charge is 0.230 e. The van der Waals surface area contributed by atoms with E-state index in [-0.39, 0.29) is 49.4 Å². The van der Waals surface area contributed by atoms with E-state index in [4.69, 9.17) is 4.52 Å². The van der Waals surface area contributed by atoms with Crippen LogP contribution in [-0.2, 0) is 14.4 Å². The summed E-state index contributed by atoms with van der Waals surface area (Å²) in [5.41, 5.74) is 0.913. The molecule has 28 heavy (non-hydrogen) atoms. The van der Waals surface area contributed by atoms with Crippen LogP contribution in [0, 0.1) is 0 Å². The Hall–Kier alpha value is -3.03. The molecule has 0 unspecified atom stereocenters. The highest BCUT2D eigenvalue weighted by molar-refractivity contribution is 6.02. The summed E-state index contributed by atoms with van der Waals surface area (Å²) in [7, 11) is 0. The van der Waals surface area contributed by atoms with E-state index in [9.17, 15) is 14.4 Å². The highest BCUT2D eigenvalue weighted by Gasteiger charge is 2.31. The van der Waals surface area contributed by atoms with Crippen LogP contribution < -0.4 is 0 Å². The molecule has 1 aromatic heterocycles. The van der Waals surface area contributed by atoms with Crippen LogP contribution in [0.15, 0.2) is 34.9 Å². The fourth-order valence-electron chi connectivity index (χ4n) is 3.72. The summed E-state index contributed by atoms with van der Waals surface area (Å²) in [6.07, 6.45) is 2.20.